The van der Waals surface area contributed by atoms with Crippen molar-refractivity contribution in [1.29, 1.82) is 0 Å². The number of benzene rings is 3. The molecular formula is C28H26N2O. The van der Waals surface area contributed by atoms with Gasteiger partial charge in [-0.25, -0.2) is 0 Å². The van der Waals surface area contributed by atoms with Crippen molar-refractivity contribution in [3.63, 3.8) is 0 Å². The van der Waals surface area contributed by atoms with Crippen molar-refractivity contribution < 1.29 is 4.79 Å². The van der Waals surface area contributed by atoms with Crippen molar-refractivity contribution in [2.24, 2.45) is 0 Å². The Labute approximate surface area is 183 Å². The summed E-state index contributed by atoms with van der Waals surface area (Å²) >= 11 is 0. The molecule has 3 nitrogen and oxygen atoms in total. The van der Waals surface area contributed by atoms with Crippen LogP contribution in [0, 0.1) is 6.92 Å². The third-order valence-corrected chi connectivity index (χ3v) is 7.46. The molecule has 6 rings (SSSR count). The van der Waals surface area contributed by atoms with Crippen LogP contribution in [0.2, 0.25) is 0 Å². The molecule has 3 aromatic rings. The Hall–Kier alpha value is -3.33. The molecule has 0 aromatic heterocycles. The lowest BCUT2D eigenvalue weighted by atomic mass is 9.75. The Kier molecular flexibility index (Phi) is 3.63. The largest absolute Gasteiger partial charge is 0.335 e. The summed E-state index contributed by atoms with van der Waals surface area (Å²) < 4.78 is 0. The molecule has 2 aliphatic heterocycles. The average Bonchev–Trinajstić information content (AvgIpc) is 3.34. The minimum atomic E-state index is -0.553. The Morgan fingerprint density at radius 3 is 2.65 bits per heavy atom. The lowest BCUT2D eigenvalue weighted by molar-refractivity contribution is -0.118. The van der Waals surface area contributed by atoms with Crippen LogP contribution in [0.25, 0.3) is 17.2 Å². The minimum absolute atomic E-state index is 0.0772. The molecule has 3 heteroatoms. The summed E-state index contributed by atoms with van der Waals surface area (Å²) in [6, 6.07) is 21.9. The lowest BCUT2D eigenvalue weighted by Crippen LogP contribution is -2.58. The highest BCUT2D eigenvalue weighted by Gasteiger charge is 2.59. The van der Waals surface area contributed by atoms with Crippen LogP contribution in [0.3, 0.4) is 0 Å². The van der Waals surface area contributed by atoms with Gasteiger partial charge in [-0.15, -0.1) is 0 Å². The normalized spacial score (nSPS) is 22.3. The van der Waals surface area contributed by atoms with E-state index in [1.165, 1.54) is 38.9 Å². The number of nitrogens with one attached hydrogen (secondary N) is 1. The molecule has 1 atom stereocenters. The van der Waals surface area contributed by atoms with Crippen LogP contribution in [0.1, 0.15) is 41.7 Å². The van der Waals surface area contributed by atoms with Crippen molar-refractivity contribution in [3.8, 4) is 11.1 Å². The molecule has 154 valence electrons. The van der Waals surface area contributed by atoms with E-state index in [1.54, 1.807) is 0 Å². The summed E-state index contributed by atoms with van der Waals surface area (Å²) in [5, 5.41) is 3.32. The first kappa shape index (κ1) is 18.4. The van der Waals surface area contributed by atoms with Crippen LogP contribution in [-0.2, 0) is 16.6 Å². The average molecular weight is 407 g/mol. The number of fused-ring (bicyclic) bond motifs is 6. The molecule has 1 saturated heterocycles. The van der Waals surface area contributed by atoms with E-state index in [4.69, 9.17) is 0 Å². The zero-order valence-corrected chi connectivity index (χ0v) is 18.2. The van der Waals surface area contributed by atoms with Crippen LogP contribution in [0.5, 0.6) is 0 Å². The van der Waals surface area contributed by atoms with Gasteiger partial charge in [0.15, 0.2) is 0 Å². The number of carbonyl (C=O) groups excluding carboxylic acids is 1. The van der Waals surface area contributed by atoms with E-state index >= 15 is 0 Å². The predicted octanol–water partition coefficient (Wildman–Crippen LogP) is 5.20. The molecule has 3 aromatic carbocycles. The Balaban J connectivity index is 1.41. The highest BCUT2D eigenvalue weighted by atomic mass is 16.2. The summed E-state index contributed by atoms with van der Waals surface area (Å²) in [7, 11) is 0. The standard InChI is InChI=1S/C28H26N2O/c1-18-8-11-25-24(14-18)27(2,3)28(29-26(31)17-30(25)28)13-12-19-9-10-23-21(15-19)16-20-6-4-5-7-22(20)23/h4-15H,16-17H2,1-3H3,(H,29,31)/b13-12+/t28-/m0/s1. The smallest absolute Gasteiger partial charge is 0.241 e. The first-order chi connectivity index (χ1) is 14.9. The minimum Gasteiger partial charge on any atom is -0.335 e. The van der Waals surface area contributed by atoms with Gasteiger partial charge in [-0.05, 0) is 58.9 Å². The summed E-state index contributed by atoms with van der Waals surface area (Å²) in [5.41, 5.74) is 9.53. The molecule has 0 spiro atoms. The van der Waals surface area contributed by atoms with E-state index in [0.717, 1.165) is 12.1 Å². The number of nitrogens with zero attached hydrogens (tertiary/aromatic N) is 1. The van der Waals surface area contributed by atoms with Crippen LogP contribution in [0.4, 0.5) is 5.69 Å². The van der Waals surface area contributed by atoms with E-state index in [0.29, 0.717) is 6.54 Å². The predicted molar refractivity (Wildman–Crippen MR) is 126 cm³/mol. The number of anilines is 1. The Bertz CT molecular complexity index is 1290. The third-order valence-electron chi connectivity index (χ3n) is 7.46. The topological polar surface area (TPSA) is 32.3 Å². The van der Waals surface area contributed by atoms with E-state index in [2.05, 4.69) is 104 Å². The van der Waals surface area contributed by atoms with Gasteiger partial charge in [-0.2, -0.15) is 0 Å². The Morgan fingerprint density at radius 1 is 0.968 bits per heavy atom. The summed E-state index contributed by atoms with van der Waals surface area (Å²) in [6.45, 7) is 6.99. The first-order valence-electron chi connectivity index (χ1n) is 11.0. The molecule has 1 N–H and O–H groups in total. The maximum absolute atomic E-state index is 12.5. The highest BCUT2D eigenvalue weighted by Crippen LogP contribution is 2.53. The number of carbonyl (C=O) groups is 1. The van der Waals surface area contributed by atoms with Gasteiger partial charge in [0.05, 0.1) is 6.54 Å². The van der Waals surface area contributed by atoms with Crippen molar-refractivity contribution >= 4 is 17.7 Å². The zero-order chi connectivity index (χ0) is 21.4. The quantitative estimate of drug-likeness (QED) is 0.496. The van der Waals surface area contributed by atoms with Gasteiger partial charge in [-0.1, -0.05) is 80.1 Å². The molecule has 1 fully saturated rings. The van der Waals surface area contributed by atoms with E-state index in [1.807, 2.05) is 0 Å². The van der Waals surface area contributed by atoms with Gasteiger partial charge < -0.3 is 10.2 Å². The molecule has 1 amide bonds. The van der Waals surface area contributed by atoms with Gasteiger partial charge in [0.1, 0.15) is 5.66 Å². The van der Waals surface area contributed by atoms with Gasteiger partial charge in [0.2, 0.25) is 5.91 Å². The second kappa shape index (κ2) is 6.10. The van der Waals surface area contributed by atoms with E-state index < -0.39 is 5.66 Å². The van der Waals surface area contributed by atoms with E-state index in [-0.39, 0.29) is 11.3 Å². The molecule has 3 aliphatic rings. The third kappa shape index (κ3) is 2.43. The fourth-order valence-corrected chi connectivity index (χ4v) is 5.77. The molecule has 0 unspecified atom stereocenters. The first-order valence-corrected chi connectivity index (χ1v) is 11.0. The molecule has 0 saturated carbocycles. The van der Waals surface area contributed by atoms with Crippen LogP contribution in [0.15, 0.2) is 66.7 Å². The maximum atomic E-state index is 12.5. The van der Waals surface area contributed by atoms with Crippen LogP contribution < -0.4 is 10.2 Å². The van der Waals surface area contributed by atoms with Gasteiger partial charge in [-0.3, -0.25) is 4.79 Å². The van der Waals surface area contributed by atoms with Crippen molar-refractivity contribution in [3.05, 3.63) is 94.6 Å². The molecule has 2 heterocycles. The number of rotatable bonds is 2. The number of hydrogen-bond acceptors (Lipinski definition) is 2. The summed E-state index contributed by atoms with van der Waals surface area (Å²) in [6.07, 6.45) is 5.37. The Morgan fingerprint density at radius 2 is 1.77 bits per heavy atom. The fourth-order valence-electron chi connectivity index (χ4n) is 5.77. The van der Waals surface area contributed by atoms with E-state index in [9.17, 15) is 4.79 Å². The number of amides is 1. The lowest BCUT2D eigenvalue weighted by Gasteiger charge is -2.40. The molecule has 0 radical (unpaired) electrons. The molecule has 1 aliphatic carbocycles. The van der Waals surface area contributed by atoms with Gasteiger partial charge in [0, 0.05) is 11.1 Å². The zero-order valence-electron chi connectivity index (χ0n) is 18.2. The van der Waals surface area contributed by atoms with Crippen molar-refractivity contribution in [2.75, 3.05) is 11.4 Å². The molecule has 31 heavy (non-hydrogen) atoms. The summed E-state index contributed by atoms with van der Waals surface area (Å²) in [4.78, 5) is 14.8. The van der Waals surface area contributed by atoms with Gasteiger partial charge >= 0.3 is 0 Å². The van der Waals surface area contributed by atoms with Crippen LogP contribution >= 0.6 is 0 Å². The highest BCUT2D eigenvalue weighted by molar-refractivity contribution is 5.92. The van der Waals surface area contributed by atoms with Gasteiger partial charge in [0.25, 0.3) is 0 Å². The summed E-state index contributed by atoms with van der Waals surface area (Å²) in [5.74, 6) is 0.0772. The number of hydrogen-bond donors (Lipinski definition) is 1. The van der Waals surface area contributed by atoms with Crippen molar-refractivity contribution in [2.45, 2.75) is 38.3 Å². The second-order valence-corrected chi connectivity index (χ2v) is 9.63. The fraction of sp³-hybridized carbons (Fsp3) is 0.250. The SMILES string of the molecule is Cc1ccc2c(c1)C(C)(C)[C@@]1(/C=C/c3ccc4c(c3)Cc3ccccc3-4)NC(=O)CN21. The van der Waals surface area contributed by atoms with Crippen LogP contribution in [-0.4, -0.2) is 18.1 Å². The second-order valence-electron chi connectivity index (χ2n) is 9.63. The number of aryl methyl sites for hydroxylation is 1. The maximum Gasteiger partial charge on any atom is 0.241 e. The molecular weight excluding hydrogens is 380 g/mol. The monoisotopic (exact) mass is 406 g/mol. The molecule has 0 bridgehead atoms. The van der Waals surface area contributed by atoms with Crippen molar-refractivity contribution in [1.82, 2.24) is 5.32 Å².